The number of hydrogen-bond acceptors (Lipinski definition) is 5. The number of carbonyl (C=O) groups excluding carboxylic acids is 1. The van der Waals surface area contributed by atoms with E-state index >= 15 is 0 Å². The fourth-order valence-electron chi connectivity index (χ4n) is 3.67. The van der Waals surface area contributed by atoms with Crippen molar-refractivity contribution in [2.75, 3.05) is 5.75 Å². The quantitative estimate of drug-likeness (QED) is 0.647. The first kappa shape index (κ1) is 18.7. The zero-order valence-electron chi connectivity index (χ0n) is 15.8. The molecule has 28 heavy (non-hydrogen) atoms. The molecule has 1 amide bonds. The van der Waals surface area contributed by atoms with Crippen molar-refractivity contribution in [2.45, 2.75) is 43.9 Å². The van der Waals surface area contributed by atoms with Gasteiger partial charge in [-0.1, -0.05) is 36.0 Å². The maximum Gasteiger partial charge on any atom is 0.230 e. The van der Waals surface area contributed by atoms with Gasteiger partial charge < -0.3 is 9.88 Å². The summed E-state index contributed by atoms with van der Waals surface area (Å²) in [6.07, 6.45) is 6.67. The average Bonchev–Trinajstić information content (AvgIpc) is 3.16. The lowest BCUT2D eigenvalue weighted by Gasteiger charge is -2.26. The third-order valence-electron chi connectivity index (χ3n) is 5.01. The molecular formula is C21H23N5OS. The molecule has 3 aromatic rings. The van der Waals surface area contributed by atoms with Crippen LogP contribution in [-0.4, -0.2) is 31.4 Å². The maximum atomic E-state index is 12.6. The van der Waals surface area contributed by atoms with Gasteiger partial charge in [-0.15, -0.1) is 10.2 Å². The minimum Gasteiger partial charge on any atom is -0.349 e. The number of aromatic nitrogens is 4. The first-order chi connectivity index (χ1) is 13.8. The van der Waals surface area contributed by atoms with Crippen LogP contribution in [0.5, 0.6) is 0 Å². The van der Waals surface area contributed by atoms with Crippen LogP contribution in [-0.2, 0) is 17.8 Å². The van der Waals surface area contributed by atoms with Crippen LogP contribution in [0.15, 0.2) is 53.9 Å². The van der Waals surface area contributed by atoms with Crippen LogP contribution in [0.1, 0.15) is 36.9 Å². The van der Waals surface area contributed by atoms with Crippen molar-refractivity contribution < 1.29 is 4.79 Å². The number of nitrogens with one attached hydrogen (secondary N) is 1. The lowest BCUT2D eigenvalue weighted by atomic mass is 9.88. The second-order valence-electron chi connectivity index (χ2n) is 6.79. The molecule has 0 saturated heterocycles. The zero-order chi connectivity index (χ0) is 19.3. The van der Waals surface area contributed by atoms with Crippen LogP contribution in [0, 0.1) is 0 Å². The number of thioether (sulfide) groups is 1. The Morgan fingerprint density at radius 2 is 2.04 bits per heavy atom. The van der Waals surface area contributed by atoms with Gasteiger partial charge in [-0.3, -0.25) is 9.78 Å². The Morgan fingerprint density at radius 3 is 2.86 bits per heavy atom. The van der Waals surface area contributed by atoms with Crippen molar-refractivity contribution in [3.63, 3.8) is 0 Å². The SMILES string of the molecule is CCn1c(SCC(=O)N[C@H]2CCCc3ccccc32)nnc1-c1ccncc1. The van der Waals surface area contributed by atoms with Crippen molar-refractivity contribution in [3.05, 3.63) is 59.9 Å². The topological polar surface area (TPSA) is 72.7 Å². The molecule has 1 aliphatic rings. The molecule has 7 heteroatoms. The van der Waals surface area contributed by atoms with Gasteiger partial charge in [0.05, 0.1) is 11.8 Å². The summed E-state index contributed by atoms with van der Waals surface area (Å²) in [6.45, 7) is 2.79. The molecular weight excluding hydrogens is 370 g/mol. The molecule has 6 nitrogen and oxygen atoms in total. The largest absolute Gasteiger partial charge is 0.349 e. The fraction of sp³-hybridized carbons (Fsp3) is 0.333. The highest BCUT2D eigenvalue weighted by Crippen LogP contribution is 2.30. The summed E-state index contributed by atoms with van der Waals surface area (Å²) >= 11 is 1.43. The Bertz CT molecular complexity index is 956. The number of pyridine rings is 1. The van der Waals surface area contributed by atoms with Crippen molar-refractivity contribution >= 4 is 17.7 Å². The van der Waals surface area contributed by atoms with E-state index in [9.17, 15) is 4.79 Å². The number of rotatable bonds is 6. The van der Waals surface area contributed by atoms with Gasteiger partial charge in [0.15, 0.2) is 11.0 Å². The van der Waals surface area contributed by atoms with E-state index in [0.717, 1.165) is 42.4 Å². The lowest BCUT2D eigenvalue weighted by Crippen LogP contribution is -2.32. The monoisotopic (exact) mass is 393 g/mol. The number of aryl methyl sites for hydroxylation is 1. The molecule has 0 spiro atoms. The second-order valence-corrected chi connectivity index (χ2v) is 7.73. The summed E-state index contributed by atoms with van der Waals surface area (Å²) in [4.78, 5) is 16.6. The Morgan fingerprint density at radius 1 is 1.21 bits per heavy atom. The van der Waals surface area contributed by atoms with Gasteiger partial charge >= 0.3 is 0 Å². The van der Waals surface area contributed by atoms with E-state index in [2.05, 4.69) is 45.6 Å². The lowest BCUT2D eigenvalue weighted by molar-refractivity contribution is -0.119. The van der Waals surface area contributed by atoms with Crippen LogP contribution in [0.2, 0.25) is 0 Å². The Hall–Kier alpha value is -2.67. The van der Waals surface area contributed by atoms with Crippen molar-refractivity contribution in [1.29, 1.82) is 0 Å². The molecule has 2 aromatic heterocycles. The van der Waals surface area contributed by atoms with Gasteiger partial charge in [-0.2, -0.15) is 0 Å². The van der Waals surface area contributed by atoms with Crippen molar-refractivity contribution in [1.82, 2.24) is 25.1 Å². The van der Waals surface area contributed by atoms with Crippen molar-refractivity contribution in [3.8, 4) is 11.4 Å². The predicted octanol–water partition coefficient (Wildman–Crippen LogP) is 3.65. The van der Waals surface area contributed by atoms with Crippen LogP contribution < -0.4 is 5.32 Å². The van der Waals surface area contributed by atoms with Gasteiger partial charge in [0.2, 0.25) is 5.91 Å². The molecule has 1 atom stereocenters. The Balaban J connectivity index is 1.41. The molecule has 0 radical (unpaired) electrons. The molecule has 0 bridgehead atoms. The number of amides is 1. The maximum absolute atomic E-state index is 12.6. The predicted molar refractivity (Wildman–Crippen MR) is 110 cm³/mol. The van der Waals surface area contributed by atoms with E-state index in [-0.39, 0.29) is 11.9 Å². The molecule has 0 aliphatic heterocycles. The van der Waals surface area contributed by atoms with E-state index in [1.54, 1.807) is 12.4 Å². The van der Waals surface area contributed by atoms with Crippen molar-refractivity contribution in [2.24, 2.45) is 0 Å². The fourth-order valence-corrected chi connectivity index (χ4v) is 4.48. The molecule has 144 valence electrons. The molecule has 1 aromatic carbocycles. The smallest absolute Gasteiger partial charge is 0.230 e. The van der Waals surface area contributed by atoms with Gasteiger partial charge in [-0.25, -0.2) is 0 Å². The number of hydrogen-bond donors (Lipinski definition) is 1. The third kappa shape index (κ3) is 3.94. The van der Waals surface area contributed by atoms with Gasteiger partial charge in [-0.05, 0) is 49.4 Å². The third-order valence-corrected chi connectivity index (χ3v) is 5.98. The average molecular weight is 394 g/mol. The van der Waals surface area contributed by atoms with E-state index < -0.39 is 0 Å². The first-order valence-corrected chi connectivity index (χ1v) is 10.6. The molecule has 2 heterocycles. The summed E-state index contributed by atoms with van der Waals surface area (Å²) in [5.74, 6) is 1.16. The summed E-state index contributed by atoms with van der Waals surface area (Å²) in [5, 5.41) is 12.6. The molecule has 1 N–H and O–H groups in total. The van der Waals surface area contributed by atoms with E-state index in [1.807, 2.05) is 22.8 Å². The zero-order valence-corrected chi connectivity index (χ0v) is 16.7. The van der Waals surface area contributed by atoms with Crippen LogP contribution in [0.4, 0.5) is 0 Å². The molecule has 0 fully saturated rings. The van der Waals surface area contributed by atoms with E-state index in [4.69, 9.17) is 0 Å². The summed E-state index contributed by atoms with van der Waals surface area (Å²) in [5.41, 5.74) is 3.57. The van der Waals surface area contributed by atoms with Gasteiger partial charge in [0, 0.05) is 24.5 Å². The molecule has 0 saturated carbocycles. The molecule has 4 rings (SSSR count). The van der Waals surface area contributed by atoms with Crippen LogP contribution in [0.3, 0.4) is 0 Å². The summed E-state index contributed by atoms with van der Waals surface area (Å²) < 4.78 is 2.03. The van der Waals surface area contributed by atoms with E-state index in [1.165, 1.54) is 22.9 Å². The molecule has 1 aliphatic carbocycles. The highest BCUT2D eigenvalue weighted by atomic mass is 32.2. The first-order valence-electron chi connectivity index (χ1n) is 9.60. The second kappa shape index (κ2) is 8.56. The minimum absolute atomic E-state index is 0.0304. The summed E-state index contributed by atoms with van der Waals surface area (Å²) in [7, 11) is 0. The minimum atomic E-state index is 0.0304. The van der Waals surface area contributed by atoms with Crippen LogP contribution >= 0.6 is 11.8 Å². The Labute approximate surface area is 168 Å². The highest BCUT2D eigenvalue weighted by Gasteiger charge is 2.22. The van der Waals surface area contributed by atoms with Crippen LogP contribution in [0.25, 0.3) is 11.4 Å². The number of nitrogens with zero attached hydrogens (tertiary/aromatic N) is 4. The Kier molecular flexibility index (Phi) is 5.71. The number of benzene rings is 1. The van der Waals surface area contributed by atoms with Gasteiger partial charge in [0.25, 0.3) is 0 Å². The number of carbonyl (C=O) groups is 1. The molecule has 0 unspecified atom stereocenters. The van der Waals surface area contributed by atoms with E-state index in [0.29, 0.717) is 5.75 Å². The standard InChI is InChI=1S/C21H23N5OS/c1-2-26-20(16-10-12-22-13-11-16)24-25-21(26)28-14-19(27)23-18-9-5-7-15-6-3-4-8-17(15)18/h3-4,6,8,10-13,18H,2,5,7,9,14H2,1H3,(H,23,27)/t18-/m0/s1. The number of fused-ring (bicyclic) bond motifs is 1. The summed E-state index contributed by atoms with van der Waals surface area (Å²) in [6, 6.07) is 12.3. The highest BCUT2D eigenvalue weighted by molar-refractivity contribution is 7.99. The van der Waals surface area contributed by atoms with Gasteiger partial charge in [0.1, 0.15) is 0 Å². The normalized spacial score (nSPS) is 15.8.